The van der Waals surface area contributed by atoms with E-state index in [1.54, 1.807) is 24.3 Å². The number of nitrogens with one attached hydrogen (secondary N) is 1. The molecule has 3 aromatic rings. The molecule has 0 aliphatic heterocycles. The molecule has 1 aromatic heterocycles. The second kappa shape index (κ2) is 7.74. The molecule has 26 heavy (non-hydrogen) atoms. The highest BCUT2D eigenvalue weighted by atomic mass is 35.5. The first-order valence-corrected chi connectivity index (χ1v) is 8.80. The Bertz CT molecular complexity index is 923. The molecule has 0 saturated heterocycles. The number of halogens is 2. The quantitative estimate of drug-likeness (QED) is 0.683. The second-order valence-electron chi connectivity index (χ2n) is 6.14. The van der Waals surface area contributed by atoms with E-state index in [4.69, 9.17) is 17.3 Å². The second-order valence-corrected chi connectivity index (χ2v) is 6.58. The van der Waals surface area contributed by atoms with Gasteiger partial charge in [0.1, 0.15) is 5.82 Å². The summed E-state index contributed by atoms with van der Waals surface area (Å²) in [5.41, 5.74) is 8.48. The van der Waals surface area contributed by atoms with Gasteiger partial charge in [-0.2, -0.15) is 0 Å². The van der Waals surface area contributed by atoms with Crippen LogP contribution in [0.25, 0.3) is 11.0 Å². The largest absolute Gasteiger partial charge is 0.369 e. The van der Waals surface area contributed by atoms with Gasteiger partial charge in [0.2, 0.25) is 11.9 Å². The van der Waals surface area contributed by atoms with Crippen molar-refractivity contribution in [3.63, 3.8) is 0 Å². The zero-order valence-corrected chi connectivity index (χ0v) is 15.1. The Morgan fingerprint density at radius 1 is 1.31 bits per heavy atom. The Labute approximate surface area is 156 Å². The first-order chi connectivity index (χ1) is 12.5. The van der Waals surface area contributed by atoms with Crippen molar-refractivity contribution < 1.29 is 9.18 Å². The van der Waals surface area contributed by atoms with Gasteiger partial charge in [-0.3, -0.25) is 4.79 Å². The van der Waals surface area contributed by atoms with E-state index in [1.807, 2.05) is 17.6 Å². The normalized spacial score (nSPS) is 12.3. The molecule has 3 rings (SSSR count). The standard InChI is InChI=1S/C19H20ClFN4O/c1-2-15(10-18(26)23-11-12-3-6-14(21)7-4-12)25-17-8-5-13(20)9-16(17)24-19(25)22/h3-9,15H,2,10-11H2,1H3,(H2,22,24)(H,23,26)/t15-/m0/s1. The number of aromatic nitrogens is 2. The molecule has 3 N–H and O–H groups in total. The van der Waals surface area contributed by atoms with E-state index in [9.17, 15) is 9.18 Å². The van der Waals surface area contributed by atoms with Gasteiger partial charge < -0.3 is 15.6 Å². The fraction of sp³-hybridized carbons (Fsp3) is 0.263. The molecule has 1 atom stereocenters. The van der Waals surface area contributed by atoms with Crippen LogP contribution in [0.5, 0.6) is 0 Å². The molecule has 0 aliphatic rings. The summed E-state index contributed by atoms with van der Waals surface area (Å²) in [7, 11) is 0. The van der Waals surface area contributed by atoms with Crippen molar-refractivity contribution in [3.8, 4) is 0 Å². The molecular weight excluding hydrogens is 355 g/mol. The molecular formula is C19H20ClFN4O. The molecule has 0 saturated carbocycles. The summed E-state index contributed by atoms with van der Waals surface area (Å²) >= 11 is 6.01. The van der Waals surface area contributed by atoms with Crippen molar-refractivity contribution >= 4 is 34.5 Å². The average Bonchev–Trinajstić information content (AvgIpc) is 2.94. The van der Waals surface area contributed by atoms with Gasteiger partial charge in [0.05, 0.1) is 11.0 Å². The summed E-state index contributed by atoms with van der Waals surface area (Å²) in [6.07, 6.45) is 0.998. The number of hydrogen-bond acceptors (Lipinski definition) is 3. The highest BCUT2D eigenvalue weighted by Crippen LogP contribution is 2.28. The van der Waals surface area contributed by atoms with E-state index < -0.39 is 0 Å². The molecule has 0 aliphatic carbocycles. The Hall–Kier alpha value is -2.60. The molecule has 1 heterocycles. The van der Waals surface area contributed by atoms with Crippen molar-refractivity contribution in [2.24, 2.45) is 0 Å². The van der Waals surface area contributed by atoms with Gasteiger partial charge in [-0.15, -0.1) is 0 Å². The van der Waals surface area contributed by atoms with E-state index >= 15 is 0 Å². The third-order valence-corrected chi connectivity index (χ3v) is 4.57. The van der Waals surface area contributed by atoms with Gasteiger partial charge in [0, 0.05) is 24.0 Å². The molecule has 0 radical (unpaired) electrons. The van der Waals surface area contributed by atoms with Crippen LogP contribution in [0, 0.1) is 5.82 Å². The minimum Gasteiger partial charge on any atom is -0.369 e. The number of rotatable bonds is 6. The van der Waals surface area contributed by atoms with E-state index in [0.717, 1.165) is 17.5 Å². The maximum Gasteiger partial charge on any atom is 0.222 e. The molecule has 0 spiro atoms. The fourth-order valence-electron chi connectivity index (χ4n) is 2.98. The van der Waals surface area contributed by atoms with Crippen molar-refractivity contribution in [2.45, 2.75) is 32.4 Å². The predicted octanol–water partition coefficient (Wildman–Crippen LogP) is 4.07. The lowest BCUT2D eigenvalue weighted by Gasteiger charge is -2.19. The average molecular weight is 375 g/mol. The van der Waals surface area contributed by atoms with Crippen LogP contribution in [0.1, 0.15) is 31.4 Å². The van der Waals surface area contributed by atoms with Gasteiger partial charge in [-0.1, -0.05) is 30.7 Å². The summed E-state index contributed by atoms with van der Waals surface area (Å²) in [5.74, 6) is -0.0365. The summed E-state index contributed by atoms with van der Waals surface area (Å²) in [4.78, 5) is 16.7. The number of fused-ring (bicyclic) bond motifs is 1. The van der Waals surface area contributed by atoms with Crippen molar-refractivity contribution in [1.82, 2.24) is 14.9 Å². The Morgan fingerprint density at radius 2 is 2.04 bits per heavy atom. The van der Waals surface area contributed by atoms with Gasteiger partial charge >= 0.3 is 0 Å². The van der Waals surface area contributed by atoms with Gasteiger partial charge in [0.15, 0.2) is 0 Å². The van der Waals surface area contributed by atoms with Gasteiger partial charge in [0.25, 0.3) is 0 Å². The van der Waals surface area contributed by atoms with E-state index in [0.29, 0.717) is 23.0 Å². The van der Waals surface area contributed by atoms with Crippen molar-refractivity contribution in [2.75, 3.05) is 5.73 Å². The van der Waals surface area contributed by atoms with Crippen molar-refractivity contribution in [1.29, 1.82) is 0 Å². The van der Waals surface area contributed by atoms with Gasteiger partial charge in [-0.25, -0.2) is 9.37 Å². The smallest absolute Gasteiger partial charge is 0.222 e. The lowest BCUT2D eigenvalue weighted by Crippen LogP contribution is -2.26. The number of carbonyl (C=O) groups excluding carboxylic acids is 1. The van der Waals surface area contributed by atoms with Crippen LogP contribution in [0.3, 0.4) is 0 Å². The third-order valence-electron chi connectivity index (χ3n) is 4.34. The monoisotopic (exact) mass is 374 g/mol. The number of hydrogen-bond donors (Lipinski definition) is 2. The number of benzene rings is 2. The summed E-state index contributed by atoms with van der Waals surface area (Å²) in [6, 6.07) is 11.3. The summed E-state index contributed by atoms with van der Waals surface area (Å²) < 4.78 is 14.8. The SMILES string of the molecule is CC[C@@H](CC(=O)NCc1ccc(F)cc1)n1c(N)nc2cc(Cl)ccc21. The molecule has 136 valence electrons. The number of nitrogens with zero attached hydrogens (tertiary/aromatic N) is 2. The molecule has 0 bridgehead atoms. The lowest BCUT2D eigenvalue weighted by molar-refractivity contribution is -0.122. The summed E-state index contributed by atoms with van der Waals surface area (Å²) in [5, 5.41) is 3.45. The topological polar surface area (TPSA) is 72.9 Å². The number of carbonyl (C=O) groups is 1. The molecule has 1 amide bonds. The van der Waals surface area contributed by atoms with Crippen LogP contribution in [-0.2, 0) is 11.3 Å². The minimum absolute atomic E-state index is 0.101. The maximum atomic E-state index is 12.9. The first-order valence-electron chi connectivity index (χ1n) is 8.42. The van der Waals surface area contributed by atoms with Crippen LogP contribution in [0.15, 0.2) is 42.5 Å². The fourth-order valence-corrected chi connectivity index (χ4v) is 3.15. The first kappa shape index (κ1) is 18.2. The van der Waals surface area contributed by atoms with Crippen LogP contribution in [0.2, 0.25) is 5.02 Å². The minimum atomic E-state index is -0.298. The Balaban J connectivity index is 1.72. The van der Waals surface area contributed by atoms with Crippen LogP contribution >= 0.6 is 11.6 Å². The Kier molecular flexibility index (Phi) is 5.42. The predicted molar refractivity (Wildman–Crippen MR) is 101 cm³/mol. The number of anilines is 1. The maximum absolute atomic E-state index is 12.9. The van der Waals surface area contributed by atoms with E-state index in [2.05, 4.69) is 10.3 Å². The molecule has 0 fully saturated rings. The number of nitrogens with two attached hydrogens (primary N) is 1. The van der Waals surface area contributed by atoms with Crippen LogP contribution < -0.4 is 11.1 Å². The Morgan fingerprint density at radius 3 is 2.73 bits per heavy atom. The third kappa shape index (κ3) is 3.96. The van der Waals surface area contributed by atoms with Gasteiger partial charge in [-0.05, 0) is 42.3 Å². The van der Waals surface area contributed by atoms with E-state index in [-0.39, 0.29) is 24.2 Å². The highest BCUT2D eigenvalue weighted by molar-refractivity contribution is 6.31. The zero-order chi connectivity index (χ0) is 18.7. The molecule has 2 aromatic carbocycles. The van der Waals surface area contributed by atoms with E-state index in [1.165, 1.54) is 12.1 Å². The van der Waals surface area contributed by atoms with Crippen molar-refractivity contribution in [3.05, 3.63) is 58.9 Å². The number of amides is 1. The number of imidazole rings is 1. The summed E-state index contributed by atoms with van der Waals surface area (Å²) in [6.45, 7) is 2.35. The lowest BCUT2D eigenvalue weighted by atomic mass is 10.1. The molecule has 5 nitrogen and oxygen atoms in total. The van der Waals surface area contributed by atoms with Crippen LogP contribution in [0.4, 0.5) is 10.3 Å². The molecule has 0 unspecified atom stereocenters. The zero-order valence-electron chi connectivity index (χ0n) is 14.4. The van der Waals surface area contributed by atoms with Crippen LogP contribution in [-0.4, -0.2) is 15.5 Å². The number of nitrogen functional groups attached to an aromatic ring is 1. The molecule has 7 heteroatoms. The highest BCUT2D eigenvalue weighted by Gasteiger charge is 2.19.